The van der Waals surface area contributed by atoms with Gasteiger partial charge < -0.3 is 10.5 Å². The topological polar surface area (TPSA) is 52.3 Å². The minimum absolute atomic E-state index is 0.250. The molecule has 0 aliphatic carbocycles. The first-order valence-electron chi connectivity index (χ1n) is 4.80. The number of primary amides is 1. The van der Waals surface area contributed by atoms with Gasteiger partial charge in [0.2, 0.25) is 6.41 Å². The Kier molecular flexibility index (Phi) is 5.71. The molecule has 78 valence electrons. The van der Waals surface area contributed by atoms with Crippen molar-refractivity contribution in [3.8, 4) is 0 Å². The van der Waals surface area contributed by atoms with Crippen molar-refractivity contribution in [2.45, 2.75) is 33.6 Å². The molecule has 1 aliphatic heterocycles. The van der Waals surface area contributed by atoms with Gasteiger partial charge in [0, 0.05) is 13.2 Å². The van der Waals surface area contributed by atoms with Crippen molar-refractivity contribution in [1.82, 2.24) is 0 Å². The average molecular weight is 187 g/mol. The predicted octanol–water partition coefficient (Wildman–Crippen LogP) is 1.56. The van der Waals surface area contributed by atoms with Crippen LogP contribution in [0.2, 0.25) is 0 Å². The molecular formula is C10H21NO2. The van der Waals surface area contributed by atoms with Gasteiger partial charge in [-0.25, -0.2) is 0 Å². The fourth-order valence-electron chi connectivity index (χ4n) is 1.42. The lowest BCUT2D eigenvalue weighted by molar-refractivity contribution is -0.106. The highest BCUT2D eigenvalue weighted by atomic mass is 16.5. The Morgan fingerprint density at radius 3 is 2.00 bits per heavy atom. The molecule has 1 aliphatic rings. The molecule has 13 heavy (non-hydrogen) atoms. The lowest BCUT2D eigenvalue weighted by Gasteiger charge is -2.37. The van der Waals surface area contributed by atoms with Gasteiger partial charge in [-0.05, 0) is 24.2 Å². The van der Waals surface area contributed by atoms with E-state index in [1.165, 1.54) is 12.8 Å². The maximum atomic E-state index is 8.58. The van der Waals surface area contributed by atoms with Crippen molar-refractivity contribution in [2.75, 3.05) is 13.2 Å². The summed E-state index contributed by atoms with van der Waals surface area (Å²) in [6.45, 7) is 8.93. The van der Waals surface area contributed by atoms with Crippen molar-refractivity contribution in [2.24, 2.45) is 17.1 Å². The van der Waals surface area contributed by atoms with Crippen LogP contribution in [-0.4, -0.2) is 19.6 Å². The highest BCUT2D eigenvalue weighted by Crippen LogP contribution is 2.36. The van der Waals surface area contributed by atoms with Gasteiger partial charge in [0.1, 0.15) is 0 Å². The molecule has 3 heteroatoms. The molecule has 0 atom stereocenters. The number of ether oxygens (including phenoxy) is 1. The van der Waals surface area contributed by atoms with Gasteiger partial charge in [-0.2, -0.15) is 0 Å². The van der Waals surface area contributed by atoms with Crippen LogP contribution in [0.25, 0.3) is 0 Å². The van der Waals surface area contributed by atoms with Crippen LogP contribution in [0.15, 0.2) is 0 Å². The summed E-state index contributed by atoms with van der Waals surface area (Å²) in [5, 5.41) is 0. The number of rotatable bonds is 1. The van der Waals surface area contributed by atoms with Crippen molar-refractivity contribution in [1.29, 1.82) is 0 Å². The number of hydrogen-bond donors (Lipinski definition) is 1. The van der Waals surface area contributed by atoms with E-state index in [0.29, 0.717) is 5.41 Å². The monoisotopic (exact) mass is 187 g/mol. The van der Waals surface area contributed by atoms with Crippen LogP contribution in [0.4, 0.5) is 0 Å². The van der Waals surface area contributed by atoms with Crippen molar-refractivity contribution in [3.05, 3.63) is 0 Å². The largest absolute Gasteiger partial charge is 0.381 e. The van der Waals surface area contributed by atoms with Gasteiger partial charge in [0.25, 0.3) is 0 Å². The zero-order valence-electron chi connectivity index (χ0n) is 8.88. The quantitative estimate of drug-likeness (QED) is 0.633. The molecule has 1 heterocycles. The summed E-state index contributed by atoms with van der Waals surface area (Å²) >= 11 is 0. The van der Waals surface area contributed by atoms with E-state index in [4.69, 9.17) is 9.53 Å². The maximum Gasteiger partial charge on any atom is 0.204 e. The minimum Gasteiger partial charge on any atom is -0.381 e. The molecule has 0 bridgehead atoms. The molecule has 0 unspecified atom stereocenters. The van der Waals surface area contributed by atoms with Crippen molar-refractivity contribution >= 4 is 6.41 Å². The number of nitrogens with two attached hydrogens (primary N) is 1. The Labute approximate surface area is 80.6 Å². The molecule has 0 saturated carbocycles. The third-order valence-electron chi connectivity index (χ3n) is 3.03. The van der Waals surface area contributed by atoms with E-state index in [-0.39, 0.29) is 6.41 Å². The van der Waals surface area contributed by atoms with Gasteiger partial charge in [0.15, 0.2) is 0 Å². The van der Waals surface area contributed by atoms with Gasteiger partial charge >= 0.3 is 0 Å². The second kappa shape index (κ2) is 5.97. The number of amides is 1. The first kappa shape index (κ1) is 12.4. The first-order valence-corrected chi connectivity index (χ1v) is 4.80. The molecule has 1 fully saturated rings. The zero-order chi connectivity index (χ0) is 10.3. The zero-order valence-corrected chi connectivity index (χ0v) is 8.88. The van der Waals surface area contributed by atoms with Crippen LogP contribution in [0.1, 0.15) is 33.6 Å². The normalized spacial score (nSPS) is 20.3. The Hall–Kier alpha value is -0.570. The van der Waals surface area contributed by atoms with E-state index in [2.05, 4.69) is 26.5 Å². The third-order valence-corrected chi connectivity index (χ3v) is 3.03. The van der Waals surface area contributed by atoms with E-state index in [1.807, 2.05) is 0 Å². The summed E-state index contributed by atoms with van der Waals surface area (Å²) in [6.07, 6.45) is 2.73. The number of carbonyl (C=O) groups is 1. The van der Waals surface area contributed by atoms with Gasteiger partial charge in [-0.1, -0.05) is 20.8 Å². The second-order valence-corrected chi connectivity index (χ2v) is 4.06. The lowest BCUT2D eigenvalue weighted by atomic mass is 9.73. The second-order valence-electron chi connectivity index (χ2n) is 4.06. The first-order chi connectivity index (χ1) is 6.06. The molecule has 0 radical (unpaired) electrons. The summed E-state index contributed by atoms with van der Waals surface area (Å²) < 4.78 is 5.32. The smallest absolute Gasteiger partial charge is 0.204 e. The molecule has 1 rings (SSSR count). The molecule has 1 amide bonds. The highest BCUT2D eigenvalue weighted by Gasteiger charge is 2.30. The Morgan fingerprint density at radius 1 is 1.38 bits per heavy atom. The van der Waals surface area contributed by atoms with Crippen molar-refractivity contribution in [3.63, 3.8) is 0 Å². The molecule has 2 N–H and O–H groups in total. The summed E-state index contributed by atoms with van der Waals surface area (Å²) in [6, 6.07) is 0. The fraction of sp³-hybridized carbons (Fsp3) is 0.900. The Morgan fingerprint density at radius 2 is 1.77 bits per heavy atom. The van der Waals surface area contributed by atoms with Gasteiger partial charge in [-0.15, -0.1) is 0 Å². The van der Waals surface area contributed by atoms with E-state index >= 15 is 0 Å². The maximum absolute atomic E-state index is 8.58. The molecule has 1 saturated heterocycles. The van der Waals surface area contributed by atoms with Crippen molar-refractivity contribution < 1.29 is 9.53 Å². The molecule has 0 aromatic carbocycles. The molecular weight excluding hydrogens is 166 g/mol. The molecule has 0 aromatic heterocycles. The third kappa shape index (κ3) is 4.27. The Bertz CT molecular complexity index is 140. The molecule has 3 nitrogen and oxygen atoms in total. The summed E-state index contributed by atoms with van der Waals surface area (Å²) in [4.78, 5) is 8.58. The van der Waals surface area contributed by atoms with Crippen LogP contribution < -0.4 is 5.73 Å². The highest BCUT2D eigenvalue weighted by molar-refractivity contribution is 5.42. The van der Waals surface area contributed by atoms with E-state index < -0.39 is 0 Å². The Balaban J connectivity index is 0.000000424. The van der Waals surface area contributed by atoms with Crippen LogP contribution >= 0.6 is 0 Å². The van der Waals surface area contributed by atoms with Crippen LogP contribution in [0.5, 0.6) is 0 Å². The number of hydrogen-bond acceptors (Lipinski definition) is 2. The van der Waals surface area contributed by atoms with Crippen LogP contribution in [0.3, 0.4) is 0 Å². The lowest BCUT2D eigenvalue weighted by Crippen LogP contribution is -2.31. The van der Waals surface area contributed by atoms with Crippen LogP contribution in [0, 0.1) is 11.3 Å². The summed E-state index contributed by atoms with van der Waals surface area (Å²) in [7, 11) is 0. The number of carbonyl (C=O) groups excluding carboxylic acids is 1. The summed E-state index contributed by atoms with van der Waals surface area (Å²) in [5.74, 6) is 0.802. The van der Waals surface area contributed by atoms with Crippen LogP contribution in [-0.2, 0) is 9.53 Å². The molecule has 0 aromatic rings. The fourth-order valence-corrected chi connectivity index (χ4v) is 1.42. The SMILES string of the molecule is CC(C)C1(C)CCOCC1.NC=O. The minimum atomic E-state index is 0.250. The van der Waals surface area contributed by atoms with E-state index in [1.54, 1.807) is 0 Å². The standard InChI is InChI=1S/C9H18O.CH3NO/c1-8(2)9(3)4-6-10-7-5-9;2-1-3/h8H,4-7H2,1-3H3;1H,(H2,2,3). The summed E-state index contributed by atoms with van der Waals surface area (Å²) in [5.41, 5.74) is 4.72. The van der Waals surface area contributed by atoms with Gasteiger partial charge in [0.05, 0.1) is 0 Å². The van der Waals surface area contributed by atoms with E-state index in [0.717, 1.165) is 19.1 Å². The van der Waals surface area contributed by atoms with Gasteiger partial charge in [-0.3, -0.25) is 4.79 Å². The predicted molar refractivity (Wildman–Crippen MR) is 53.2 cm³/mol. The molecule has 0 spiro atoms. The average Bonchev–Trinajstić information content (AvgIpc) is 2.07. The van der Waals surface area contributed by atoms with E-state index in [9.17, 15) is 0 Å².